The van der Waals surface area contributed by atoms with E-state index in [1.54, 1.807) is 43.0 Å². The zero-order valence-corrected chi connectivity index (χ0v) is 22.8. The summed E-state index contributed by atoms with van der Waals surface area (Å²) in [5.41, 5.74) is 1.66. The lowest BCUT2D eigenvalue weighted by Crippen LogP contribution is -2.47. The van der Waals surface area contributed by atoms with Crippen LogP contribution in [0.25, 0.3) is 10.2 Å². The molecule has 2 N–H and O–H groups in total. The SMILES string of the molecule is CCN(CC)S(=O)(=O)c1cccc(C(=O)N[C@H](C(=O)Nc2ccc3nc(SC)sc3c2)C(C)C)c1. The molecule has 0 radical (unpaired) electrons. The van der Waals surface area contributed by atoms with Crippen molar-refractivity contribution < 1.29 is 18.0 Å². The number of benzene rings is 2. The highest BCUT2D eigenvalue weighted by Crippen LogP contribution is 2.30. The second-order valence-electron chi connectivity index (χ2n) is 8.17. The number of carbonyl (C=O) groups is 2. The maximum absolute atomic E-state index is 13.1. The van der Waals surface area contributed by atoms with Gasteiger partial charge >= 0.3 is 0 Å². The van der Waals surface area contributed by atoms with E-state index < -0.39 is 22.0 Å². The van der Waals surface area contributed by atoms with E-state index in [9.17, 15) is 18.0 Å². The van der Waals surface area contributed by atoms with E-state index in [-0.39, 0.29) is 22.3 Å². The predicted molar refractivity (Wildman–Crippen MR) is 143 cm³/mol. The van der Waals surface area contributed by atoms with Crippen molar-refractivity contribution in [3.63, 3.8) is 0 Å². The molecule has 11 heteroatoms. The Balaban J connectivity index is 1.78. The lowest BCUT2D eigenvalue weighted by atomic mass is 10.0. The molecule has 0 aliphatic carbocycles. The molecule has 1 atom stereocenters. The van der Waals surface area contributed by atoms with Crippen LogP contribution in [0.2, 0.25) is 0 Å². The molecule has 0 unspecified atom stereocenters. The van der Waals surface area contributed by atoms with Gasteiger partial charge in [0, 0.05) is 24.3 Å². The van der Waals surface area contributed by atoms with E-state index in [0.717, 1.165) is 14.6 Å². The van der Waals surface area contributed by atoms with E-state index in [2.05, 4.69) is 15.6 Å². The molecule has 0 spiro atoms. The fraction of sp³-hybridized carbons (Fsp3) is 0.375. The minimum absolute atomic E-state index is 0.0434. The summed E-state index contributed by atoms with van der Waals surface area (Å²) in [6.07, 6.45) is 1.96. The molecule has 3 rings (SSSR count). The van der Waals surface area contributed by atoms with Crippen molar-refractivity contribution in [2.24, 2.45) is 5.92 Å². The summed E-state index contributed by atoms with van der Waals surface area (Å²) in [5, 5.41) is 5.65. The largest absolute Gasteiger partial charge is 0.340 e. The van der Waals surface area contributed by atoms with Gasteiger partial charge in [0.2, 0.25) is 15.9 Å². The van der Waals surface area contributed by atoms with Crippen LogP contribution in [0.3, 0.4) is 0 Å². The summed E-state index contributed by atoms with van der Waals surface area (Å²) < 4.78 is 28.9. The van der Waals surface area contributed by atoms with Gasteiger partial charge < -0.3 is 10.6 Å². The van der Waals surface area contributed by atoms with E-state index >= 15 is 0 Å². The first kappa shape index (κ1) is 27.1. The van der Waals surface area contributed by atoms with Crippen molar-refractivity contribution in [2.45, 2.75) is 43.0 Å². The summed E-state index contributed by atoms with van der Waals surface area (Å²) in [5.74, 6) is -1.07. The number of nitrogens with one attached hydrogen (secondary N) is 2. The lowest BCUT2D eigenvalue weighted by Gasteiger charge is -2.22. The van der Waals surface area contributed by atoms with Crippen LogP contribution >= 0.6 is 23.1 Å². The van der Waals surface area contributed by atoms with Gasteiger partial charge in [-0.15, -0.1) is 11.3 Å². The minimum Gasteiger partial charge on any atom is -0.340 e. The Bertz CT molecular complexity index is 1320. The first-order valence-corrected chi connectivity index (χ1v) is 14.7. The average Bonchev–Trinajstić information content (AvgIpc) is 3.25. The number of hydrogen-bond donors (Lipinski definition) is 2. The number of aromatic nitrogens is 1. The number of amides is 2. The van der Waals surface area contributed by atoms with Crippen LogP contribution in [0.15, 0.2) is 51.7 Å². The highest BCUT2D eigenvalue weighted by atomic mass is 32.2. The van der Waals surface area contributed by atoms with Crippen LogP contribution in [0.5, 0.6) is 0 Å². The number of hydrogen-bond acceptors (Lipinski definition) is 7. The molecule has 2 amide bonds. The molecule has 0 saturated carbocycles. The summed E-state index contributed by atoms with van der Waals surface area (Å²) in [6, 6.07) is 10.6. The van der Waals surface area contributed by atoms with Crippen LogP contribution < -0.4 is 10.6 Å². The van der Waals surface area contributed by atoms with Crippen molar-refractivity contribution in [1.29, 1.82) is 0 Å². The Hall–Kier alpha value is -2.47. The Kier molecular flexibility index (Phi) is 8.92. The quantitative estimate of drug-likeness (QED) is 0.372. The number of fused-ring (bicyclic) bond motifs is 1. The van der Waals surface area contributed by atoms with Crippen molar-refractivity contribution in [3.8, 4) is 0 Å². The van der Waals surface area contributed by atoms with E-state index in [4.69, 9.17) is 0 Å². The van der Waals surface area contributed by atoms with Gasteiger partial charge in [0.1, 0.15) is 6.04 Å². The second-order valence-corrected chi connectivity index (χ2v) is 12.2. The highest BCUT2D eigenvalue weighted by molar-refractivity contribution is 8.00. The summed E-state index contributed by atoms with van der Waals surface area (Å²) >= 11 is 3.11. The van der Waals surface area contributed by atoms with Crippen LogP contribution in [-0.2, 0) is 14.8 Å². The molecule has 1 heterocycles. The molecule has 1 aromatic heterocycles. The molecule has 2 aromatic carbocycles. The molecule has 0 fully saturated rings. The summed E-state index contributed by atoms with van der Waals surface area (Å²) in [4.78, 5) is 30.6. The molecule has 0 aliphatic heterocycles. The van der Waals surface area contributed by atoms with E-state index in [0.29, 0.717) is 18.8 Å². The zero-order chi connectivity index (χ0) is 25.8. The van der Waals surface area contributed by atoms with Crippen molar-refractivity contribution in [2.75, 3.05) is 24.7 Å². The summed E-state index contributed by atoms with van der Waals surface area (Å²) in [7, 11) is -3.71. The average molecular weight is 535 g/mol. The molecular formula is C24H30N4O4S3. The third-order valence-corrected chi connectivity index (χ3v) is 9.54. The second kappa shape index (κ2) is 11.5. The van der Waals surface area contributed by atoms with Crippen molar-refractivity contribution in [3.05, 3.63) is 48.0 Å². The van der Waals surface area contributed by atoms with Gasteiger partial charge in [0.05, 0.1) is 15.1 Å². The summed E-state index contributed by atoms with van der Waals surface area (Å²) in [6.45, 7) is 7.86. The predicted octanol–water partition coefficient (Wildman–Crippen LogP) is 4.44. The van der Waals surface area contributed by atoms with Crippen molar-refractivity contribution >= 4 is 60.8 Å². The molecular weight excluding hydrogens is 504 g/mol. The van der Waals surface area contributed by atoms with Gasteiger partial charge in [0.15, 0.2) is 4.34 Å². The number of thiazole rings is 1. The molecule has 188 valence electrons. The smallest absolute Gasteiger partial charge is 0.251 e. The molecule has 0 saturated heterocycles. The molecule has 8 nitrogen and oxygen atoms in total. The van der Waals surface area contributed by atoms with Gasteiger partial charge in [0.25, 0.3) is 5.91 Å². The van der Waals surface area contributed by atoms with Crippen LogP contribution in [0, 0.1) is 5.92 Å². The van der Waals surface area contributed by atoms with Gasteiger partial charge in [-0.1, -0.05) is 45.5 Å². The number of anilines is 1. The first-order chi connectivity index (χ1) is 16.6. The van der Waals surface area contributed by atoms with Crippen LogP contribution in [0.4, 0.5) is 5.69 Å². The third kappa shape index (κ3) is 6.21. The third-order valence-electron chi connectivity index (χ3n) is 5.49. The fourth-order valence-electron chi connectivity index (χ4n) is 3.56. The Morgan fingerprint density at radius 3 is 2.46 bits per heavy atom. The molecule has 3 aromatic rings. The zero-order valence-electron chi connectivity index (χ0n) is 20.4. The van der Waals surface area contributed by atoms with Crippen LogP contribution in [-0.4, -0.2) is 54.9 Å². The Morgan fingerprint density at radius 2 is 1.83 bits per heavy atom. The Morgan fingerprint density at radius 1 is 1.11 bits per heavy atom. The first-order valence-electron chi connectivity index (χ1n) is 11.3. The lowest BCUT2D eigenvalue weighted by molar-refractivity contribution is -0.118. The maximum Gasteiger partial charge on any atom is 0.251 e. The number of thioether (sulfide) groups is 1. The standard InChI is InChI=1S/C24H30N4O4S3/c1-6-28(7-2)35(31,32)18-10-8-9-16(13-18)22(29)27-21(15(3)4)23(30)25-17-11-12-19-20(14-17)34-24(26-19)33-5/h8-15,21H,6-7H2,1-5H3,(H,25,30)(H,27,29)/t21-/m0/s1. The number of nitrogens with zero attached hydrogens (tertiary/aromatic N) is 2. The number of carbonyl (C=O) groups excluding carboxylic acids is 2. The van der Waals surface area contributed by atoms with Gasteiger partial charge in [-0.05, 0) is 48.6 Å². The van der Waals surface area contributed by atoms with Crippen molar-refractivity contribution in [1.82, 2.24) is 14.6 Å². The van der Waals surface area contributed by atoms with E-state index in [1.165, 1.54) is 28.6 Å². The van der Waals surface area contributed by atoms with Gasteiger partial charge in [-0.3, -0.25) is 9.59 Å². The molecule has 35 heavy (non-hydrogen) atoms. The topological polar surface area (TPSA) is 108 Å². The van der Waals surface area contributed by atoms with Gasteiger partial charge in [-0.25, -0.2) is 13.4 Å². The minimum atomic E-state index is -3.71. The molecule has 0 aliphatic rings. The highest BCUT2D eigenvalue weighted by Gasteiger charge is 2.27. The monoisotopic (exact) mass is 534 g/mol. The maximum atomic E-state index is 13.1. The fourth-order valence-corrected chi connectivity index (χ4v) is 6.59. The number of rotatable bonds is 10. The van der Waals surface area contributed by atoms with Crippen LogP contribution in [0.1, 0.15) is 38.1 Å². The molecule has 0 bridgehead atoms. The Labute approximate surface area is 214 Å². The number of sulfonamides is 1. The van der Waals surface area contributed by atoms with E-state index in [1.807, 2.05) is 32.2 Å². The normalized spacial score (nSPS) is 12.8. The van der Waals surface area contributed by atoms with Gasteiger partial charge in [-0.2, -0.15) is 4.31 Å².